The van der Waals surface area contributed by atoms with Crippen LogP contribution in [0.5, 0.6) is 0 Å². The number of nitrogens with one attached hydrogen (secondary N) is 2. The maximum atomic E-state index is 4.73. The van der Waals surface area contributed by atoms with Gasteiger partial charge in [-0.15, -0.1) is 24.0 Å². The Labute approximate surface area is 199 Å². The summed E-state index contributed by atoms with van der Waals surface area (Å²) in [5.74, 6) is 0.770. The predicted octanol–water partition coefficient (Wildman–Crippen LogP) is 3.92. The molecule has 1 aromatic carbocycles. The van der Waals surface area contributed by atoms with Crippen LogP contribution in [0.2, 0.25) is 0 Å². The van der Waals surface area contributed by atoms with Gasteiger partial charge in [0.2, 0.25) is 0 Å². The third-order valence-electron chi connectivity index (χ3n) is 5.12. The van der Waals surface area contributed by atoms with Crippen molar-refractivity contribution < 1.29 is 0 Å². The van der Waals surface area contributed by atoms with Crippen LogP contribution in [0.15, 0.2) is 72.2 Å². The molecule has 4 aromatic rings. The van der Waals surface area contributed by atoms with Gasteiger partial charge in [0.15, 0.2) is 5.96 Å². The first-order chi connectivity index (χ1) is 14.6. The van der Waals surface area contributed by atoms with Crippen molar-refractivity contribution in [1.82, 2.24) is 29.8 Å². The van der Waals surface area contributed by atoms with Gasteiger partial charge < -0.3 is 15.0 Å². The topological polar surface area (TPSA) is 71.5 Å². The van der Waals surface area contributed by atoms with Crippen LogP contribution in [0.3, 0.4) is 0 Å². The molecule has 3 aromatic heterocycles. The molecule has 7 nitrogen and oxygen atoms in total. The lowest BCUT2D eigenvalue weighted by molar-refractivity contribution is 0.682. The Kier molecular flexibility index (Phi) is 7.67. The molecule has 4 rings (SSSR count). The van der Waals surface area contributed by atoms with Gasteiger partial charge >= 0.3 is 0 Å². The summed E-state index contributed by atoms with van der Waals surface area (Å²) in [5, 5.41) is 11.2. The quantitative estimate of drug-likeness (QED) is 0.226. The lowest BCUT2D eigenvalue weighted by Gasteiger charge is -2.19. The van der Waals surface area contributed by atoms with Crippen molar-refractivity contribution in [2.24, 2.45) is 4.99 Å². The van der Waals surface area contributed by atoms with E-state index in [4.69, 9.17) is 4.98 Å². The zero-order valence-electron chi connectivity index (χ0n) is 18.0. The molecule has 0 fully saturated rings. The Balaban J connectivity index is 0.00000272. The third-order valence-corrected chi connectivity index (χ3v) is 5.12. The first kappa shape index (κ1) is 22.8. The largest absolute Gasteiger partial charge is 0.356 e. The molecule has 0 saturated heterocycles. The summed E-state index contributed by atoms with van der Waals surface area (Å²) in [7, 11) is 1.79. The minimum Gasteiger partial charge on any atom is -0.356 e. The van der Waals surface area contributed by atoms with Gasteiger partial charge in [-0.05, 0) is 49.2 Å². The second-order valence-corrected chi connectivity index (χ2v) is 7.31. The number of aryl methyl sites for hydroxylation is 1. The number of halogens is 1. The Bertz CT molecular complexity index is 1150. The highest BCUT2D eigenvalue weighted by Gasteiger charge is 2.10. The van der Waals surface area contributed by atoms with Crippen LogP contribution < -0.4 is 10.6 Å². The SMILES string of the molecule is CN=C(NCCc1cn2cccc(C)c2n1)NC(C)c1cccc(-n2cccn2)c1.I. The summed E-state index contributed by atoms with van der Waals surface area (Å²) in [4.78, 5) is 9.10. The zero-order chi connectivity index (χ0) is 20.9. The fourth-order valence-corrected chi connectivity index (χ4v) is 3.48. The highest BCUT2D eigenvalue weighted by Crippen LogP contribution is 2.16. The van der Waals surface area contributed by atoms with Crippen LogP contribution in [0.1, 0.15) is 29.8 Å². The van der Waals surface area contributed by atoms with Gasteiger partial charge in [0, 0.05) is 44.8 Å². The highest BCUT2D eigenvalue weighted by molar-refractivity contribution is 14.0. The van der Waals surface area contributed by atoms with E-state index in [1.165, 1.54) is 11.1 Å². The molecular weight excluding hydrogens is 501 g/mol. The van der Waals surface area contributed by atoms with Crippen molar-refractivity contribution in [1.29, 1.82) is 0 Å². The van der Waals surface area contributed by atoms with Crippen LogP contribution in [0.4, 0.5) is 0 Å². The lowest BCUT2D eigenvalue weighted by atomic mass is 10.1. The molecule has 0 spiro atoms. The summed E-state index contributed by atoms with van der Waals surface area (Å²) in [6, 6.07) is 14.5. The van der Waals surface area contributed by atoms with Crippen LogP contribution in [-0.2, 0) is 6.42 Å². The maximum Gasteiger partial charge on any atom is 0.191 e. The summed E-state index contributed by atoms with van der Waals surface area (Å²) >= 11 is 0. The number of guanidine groups is 1. The Morgan fingerprint density at radius 1 is 1.16 bits per heavy atom. The molecule has 0 aliphatic carbocycles. The predicted molar refractivity (Wildman–Crippen MR) is 136 cm³/mol. The van der Waals surface area contributed by atoms with E-state index in [1.807, 2.05) is 41.3 Å². The summed E-state index contributed by atoms with van der Waals surface area (Å²) < 4.78 is 3.94. The van der Waals surface area contributed by atoms with E-state index in [2.05, 4.69) is 63.4 Å². The molecular formula is C23H28IN7. The van der Waals surface area contributed by atoms with E-state index >= 15 is 0 Å². The van der Waals surface area contributed by atoms with Crippen molar-refractivity contribution in [3.8, 4) is 5.69 Å². The molecule has 0 aliphatic rings. The van der Waals surface area contributed by atoms with Gasteiger partial charge in [-0.3, -0.25) is 4.99 Å². The average molecular weight is 529 g/mol. The number of imidazole rings is 1. The molecule has 8 heteroatoms. The molecule has 0 bridgehead atoms. The van der Waals surface area contributed by atoms with E-state index in [-0.39, 0.29) is 30.0 Å². The molecule has 0 saturated carbocycles. The molecule has 0 aliphatic heterocycles. The van der Waals surface area contributed by atoms with E-state index in [0.717, 1.165) is 36.0 Å². The molecule has 1 atom stereocenters. The van der Waals surface area contributed by atoms with Crippen LogP contribution in [0.25, 0.3) is 11.3 Å². The number of hydrogen-bond acceptors (Lipinski definition) is 3. The molecule has 31 heavy (non-hydrogen) atoms. The minimum absolute atomic E-state index is 0. The van der Waals surface area contributed by atoms with Gasteiger partial charge in [0.05, 0.1) is 17.4 Å². The summed E-state index contributed by atoms with van der Waals surface area (Å²) in [5.41, 5.74) is 5.46. The zero-order valence-corrected chi connectivity index (χ0v) is 20.3. The molecule has 1 unspecified atom stereocenters. The first-order valence-electron chi connectivity index (χ1n) is 10.1. The normalized spacial score (nSPS) is 12.4. The number of fused-ring (bicyclic) bond motifs is 1. The second-order valence-electron chi connectivity index (χ2n) is 7.31. The van der Waals surface area contributed by atoms with Crippen LogP contribution in [-0.4, -0.2) is 38.7 Å². The fourth-order valence-electron chi connectivity index (χ4n) is 3.48. The molecule has 0 radical (unpaired) electrons. The highest BCUT2D eigenvalue weighted by atomic mass is 127. The Morgan fingerprint density at radius 3 is 2.77 bits per heavy atom. The van der Waals surface area contributed by atoms with Crippen molar-refractivity contribution in [3.05, 3.63) is 84.1 Å². The van der Waals surface area contributed by atoms with E-state index in [9.17, 15) is 0 Å². The van der Waals surface area contributed by atoms with E-state index < -0.39 is 0 Å². The Morgan fingerprint density at radius 2 is 2.03 bits per heavy atom. The van der Waals surface area contributed by atoms with Gasteiger partial charge in [-0.2, -0.15) is 5.10 Å². The Hall–Kier alpha value is -2.88. The summed E-state index contributed by atoms with van der Waals surface area (Å²) in [6.07, 6.45) is 8.67. The van der Waals surface area contributed by atoms with E-state index in [0.29, 0.717) is 0 Å². The fraction of sp³-hybridized carbons (Fsp3) is 0.261. The number of rotatable bonds is 6. The average Bonchev–Trinajstić information content (AvgIpc) is 3.44. The van der Waals surface area contributed by atoms with Crippen molar-refractivity contribution in [2.45, 2.75) is 26.3 Å². The standard InChI is InChI=1S/C23H27N7.HI/c1-17-7-5-13-29-16-20(28-22(17)29)10-12-25-23(24-3)27-18(2)19-8-4-9-21(15-19)30-14-6-11-26-30;/h4-9,11,13-16,18H,10,12H2,1-3H3,(H2,24,25,27);1H. The van der Waals surface area contributed by atoms with E-state index in [1.54, 1.807) is 13.2 Å². The third kappa shape index (κ3) is 5.43. The van der Waals surface area contributed by atoms with Gasteiger partial charge in [-0.1, -0.05) is 18.2 Å². The second kappa shape index (κ2) is 10.4. The number of aliphatic imine (C=N–C) groups is 1. The lowest BCUT2D eigenvalue weighted by Crippen LogP contribution is -2.39. The van der Waals surface area contributed by atoms with Gasteiger partial charge in [0.1, 0.15) is 5.65 Å². The molecule has 2 N–H and O–H groups in total. The van der Waals surface area contributed by atoms with Crippen LogP contribution in [0, 0.1) is 6.92 Å². The number of aromatic nitrogens is 4. The number of hydrogen-bond donors (Lipinski definition) is 2. The molecule has 162 valence electrons. The number of benzene rings is 1. The van der Waals surface area contributed by atoms with Gasteiger partial charge in [0.25, 0.3) is 0 Å². The van der Waals surface area contributed by atoms with Crippen molar-refractivity contribution in [2.75, 3.05) is 13.6 Å². The smallest absolute Gasteiger partial charge is 0.191 e. The van der Waals surface area contributed by atoms with Gasteiger partial charge in [-0.25, -0.2) is 9.67 Å². The van der Waals surface area contributed by atoms with Crippen LogP contribution >= 0.6 is 24.0 Å². The number of pyridine rings is 1. The first-order valence-corrected chi connectivity index (χ1v) is 10.1. The maximum absolute atomic E-state index is 4.73. The minimum atomic E-state index is 0. The van der Waals surface area contributed by atoms with Crippen molar-refractivity contribution >= 4 is 35.6 Å². The molecule has 3 heterocycles. The number of nitrogens with zero attached hydrogens (tertiary/aromatic N) is 5. The monoisotopic (exact) mass is 529 g/mol. The van der Waals surface area contributed by atoms with Crippen molar-refractivity contribution in [3.63, 3.8) is 0 Å². The molecule has 0 amide bonds. The summed E-state index contributed by atoms with van der Waals surface area (Å²) in [6.45, 7) is 4.96.